The first kappa shape index (κ1) is 24.8. The van der Waals surface area contributed by atoms with Gasteiger partial charge in [0.25, 0.3) is 0 Å². The monoisotopic (exact) mass is 448 g/mol. The molecule has 0 saturated carbocycles. The Labute approximate surface area is 198 Å². The summed E-state index contributed by atoms with van der Waals surface area (Å²) in [7, 11) is 3.32. The molecule has 3 aromatic carbocycles. The zero-order valence-corrected chi connectivity index (χ0v) is 20.6. The van der Waals surface area contributed by atoms with Gasteiger partial charge in [-0.15, -0.1) is 0 Å². The predicted molar refractivity (Wildman–Crippen MR) is 133 cm³/mol. The third-order valence-electron chi connectivity index (χ3n) is 6.62. The van der Waals surface area contributed by atoms with Crippen molar-refractivity contribution in [3.8, 4) is 11.5 Å². The fourth-order valence-corrected chi connectivity index (χ4v) is 4.04. The van der Waals surface area contributed by atoms with Crippen molar-refractivity contribution in [2.75, 3.05) is 27.4 Å². The van der Waals surface area contributed by atoms with Gasteiger partial charge in [-0.25, -0.2) is 0 Å². The summed E-state index contributed by atoms with van der Waals surface area (Å²) in [6, 6.07) is 24.6. The Morgan fingerprint density at radius 2 is 1.03 bits per heavy atom. The third kappa shape index (κ3) is 5.76. The van der Waals surface area contributed by atoms with Gasteiger partial charge in [0.15, 0.2) is 0 Å². The van der Waals surface area contributed by atoms with Crippen LogP contribution < -0.4 is 4.74 Å². The van der Waals surface area contributed by atoms with Gasteiger partial charge in [0, 0.05) is 25.0 Å². The van der Waals surface area contributed by atoms with Crippen LogP contribution in [0, 0.1) is 0 Å². The van der Waals surface area contributed by atoms with Crippen molar-refractivity contribution >= 4 is 0 Å². The standard InChI is InChI=1S/C29H36O4/c1-28(2,23-11-15-25(30)16-12-23)21-7-9-22(10-8-21)29(3,4)24-13-17-26(18-14-24)33-20-27(32-6)19-31-5/h7-18,27,30H,19-20H2,1-6H3. The topological polar surface area (TPSA) is 47.9 Å². The highest BCUT2D eigenvalue weighted by Gasteiger charge is 2.26. The molecule has 4 heteroatoms. The largest absolute Gasteiger partial charge is 0.508 e. The first-order valence-corrected chi connectivity index (χ1v) is 11.3. The number of phenols is 1. The van der Waals surface area contributed by atoms with E-state index in [4.69, 9.17) is 14.2 Å². The Balaban J connectivity index is 1.74. The predicted octanol–water partition coefficient (Wildman–Crippen LogP) is 6.08. The summed E-state index contributed by atoms with van der Waals surface area (Å²) in [4.78, 5) is 0. The van der Waals surface area contributed by atoms with Gasteiger partial charge in [0.1, 0.15) is 24.2 Å². The number of benzene rings is 3. The molecule has 0 saturated heterocycles. The van der Waals surface area contributed by atoms with Crippen molar-refractivity contribution in [1.29, 1.82) is 0 Å². The Morgan fingerprint density at radius 1 is 0.636 bits per heavy atom. The molecule has 0 aliphatic carbocycles. The lowest BCUT2D eigenvalue weighted by Crippen LogP contribution is -2.25. The number of ether oxygens (including phenoxy) is 3. The van der Waals surface area contributed by atoms with Gasteiger partial charge in [-0.1, -0.05) is 76.2 Å². The van der Waals surface area contributed by atoms with Crippen LogP contribution in [0.25, 0.3) is 0 Å². The van der Waals surface area contributed by atoms with Crippen LogP contribution in [0.2, 0.25) is 0 Å². The molecule has 0 bridgehead atoms. The van der Waals surface area contributed by atoms with Crippen LogP contribution in [0.5, 0.6) is 11.5 Å². The van der Waals surface area contributed by atoms with Crippen molar-refractivity contribution < 1.29 is 19.3 Å². The van der Waals surface area contributed by atoms with E-state index in [1.807, 2.05) is 24.3 Å². The molecule has 0 aromatic heterocycles. The summed E-state index contributed by atoms with van der Waals surface area (Å²) < 4.78 is 16.4. The van der Waals surface area contributed by atoms with Crippen molar-refractivity contribution in [3.05, 3.63) is 95.1 Å². The molecule has 33 heavy (non-hydrogen) atoms. The van der Waals surface area contributed by atoms with Crippen LogP contribution in [0.3, 0.4) is 0 Å². The van der Waals surface area contributed by atoms with Crippen LogP contribution in [0.1, 0.15) is 49.9 Å². The molecule has 0 aliphatic heterocycles. The maximum atomic E-state index is 9.61. The Bertz CT molecular complexity index is 1000. The van der Waals surface area contributed by atoms with Crippen molar-refractivity contribution in [3.63, 3.8) is 0 Å². The zero-order valence-electron chi connectivity index (χ0n) is 20.6. The smallest absolute Gasteiger partial charge is 0.119 e. The average Bonchev–Trinajstić information content (AvgIpc) is 2.82. The summed E-state index contributed by atoms with van der Waals surface area (Å²) in [5.74, 6) is 1.11. The fraction of sp³-hybridized carbons (Fsp3) is 0.379. The minimum absolute atomic E-state index is 0.0875. The van der Waals surface area contributed by atoms with Gasteiger partial charge < -0.3 is 19.3 Å². The second-order valence-electron chi connectivity index (χ2n) is 9.52. The Hall–Kier alpha value is -2.82. The molecule has 0 amide bonds. The number of rotatable bonds is 10. The maximum Gasteiger partial charge on any atom is 0.119 e. The van der Waals surface area contributed by atoms with E-state index in [0.717, 1.165) is 5.75 Å². The number of hydrogen-bond acceptors (Lipinski definition) is 4. The fourth-order valence-electron chi connectivity index (χ4n) is 4.04. The van der Waals surface area contributed by atoms with Crippen LogP contribution in [-0.4, -0.2) is 38.6 Å². The second-order valence-corrected chi connectivity index (χ2v) is 9.52. The van der Waals surface area contributed by atoms with E-state index in [1.165, 1.54) is 22.3 Å². The molecule has 4 nitrogen and oxygen atoms in total. The molecule has 1 unspecified atom stereocenters. The second kappa shape index (κ2) is 10.4. The van der Waals surface area contributed by atoms with E-state index in [0.29, 0.717) is 13.2 Å². The highest BCUT2D eigenvalue weighted by molar-refractivity contribution is 5.44. The van der Waals surface area contributed by atoms with Crippen LogP contribution >= 0.6 is 0 Å². The highest BCUT2D eigenvalue weighted by Crippen LogP contribution is 2.36. The first-order chi connectivity index (χ1) is 15.7. The molecule has 0 spiro atoms. The van der Waals surface area contributed by atoms with Crippen LogP contribution in [-0.2, 0) is 20.3 Å². The summed E-state index contributed by atoms with van der Waals surface area (Å²) >= 11 is 0. The van der Waals surface area contributed by atoms with Gasteiger partial charge in [-0.05, 0) is 46.5 Å². The van der Waals surface area contributed by atoms with Crippen LogP contribution in [0.4, 0.5) is 0 Å². The van der Waals surface area contributed by atoms with Gasteiger partial charge in [-0.2, -0.15) is 0 Å². The quantitative estimate of drug-likeness (QED) is 0.408. The van der Waals surface area contributed by atoms with E-state index in [1.54, 1.807) is 26.4 Å². The van der Waals surface area contributed by atoms with Crippen molar-refractivity contribution in [2.24, 2.45) is 0 Å². The molecular formula is C29H36O4. The summed E-state index contributed by atoms with van der Waals surface area (Å²) in [5, 5.41) is 9.61. The minimum atomic E-state index is -0.155. The van der Waals surface area contributed by atoms with Crippen LogP contribution in [0.15, 0.2) is 72.8 Å². The van der Waals surface area contributed by atoms with Gasteiger partial charge in [0.2, 0.25) is 0 Å². The van der Waals surface area contributed by atoms with Crippen molar-refractivity contribution in [1.82, 2.24) is 0 Å². The maximum absolute atomic E-state index is 9.61. The molecule has 3 rings (SSSR count). The van der Waals surface area contributed by atoms with E-state index >= 15 is 0 Å². The van der Waals surface area contributed by atoms with Gasteiger partial charge in [-0.3, -0.25) is 0 Å². The molecule has 0 radical (unpaired) electrons. The Kier molecular flexibility index (Phi) is 7.83. The lowest BCUT2D eigenvalue weighted by Gasteiger charge is -2.29. The summed E-state index contributed by atoms with van der Waals surface area (Å²) in [5.41, 5.74) is 4.58. The lowest BCUT2D eigenvalue weighted by molar-refractivity contribution is 0.000872. The first-order valence-electron chi connectivity index (χ1n) is 11.3. The molecule has 0 aliphatic rings. The SMILES string of the molecule is COCC(COc1ccc(C(C)(C)c2ccc(C(C)(C)c3ccc(O)cc3)cc2)cc1)OC. The van der Waals surface area contributed by atoms with E-state index < -0.39 is 0 Å². The van der Waals surface area contributed by atoms with Gasteiger partial charge >= 0.3 is 0 Å². The molecule has 0 fully saturated rings. The Morgan fingerprint density at radius 3 is 1.42 bits per heavy atom. The van der Waals surface area contributed by atoms with E-state index in [9.17, 15) is 5.11 Å². The highest BCUT2D eigenvalue weighted by atomic mass is 16.5. The zero-order chi connectivity index (χ0) is 24.1. The van der Waals surface area contributed by atoms with E-state index in [2.05, 4.69) is 64.1 Å². The average molecular weight is 449 g/mol. The molecule has 0 heterocycles. The number of aromatic hydroxyl groups is 1. The molecular weight excluding hydrogens is 412 g/mol. The van der Waals surface area contributed by atoms with Crippen molar-refractivity contribution in [2.45, 2.75) is 44.6 Å². The molecule has 1 N–H and O–H groups in total. The number of hydrogen-bond donors (Lipinski definition) is 1. The normalized spacial score (nSPS) is 13.0. The lowest BCUT2D eigenvalue weighted by atomic mass is 9.74. The van der Waals surface area contributed by atoms with E-state index in [-0.39, 0.29) is 22.7 Å². The molecule has 1 atom stereocenters. The molecule has 176 valence electrons. The minimum Gasteiger partial charge on any atom is -0.508 e. The third-order valence-corrected chi connectivity index (χ3v) is 6.62. The number of methoxy groups -OCH3 is 2. The summed E-state index contributed by atoms with van der Waals surface area (Å²) in [6.45, 7) is 9.84. The summed E-state index contributed by atoms with van der Waals surface area (Å²) in [6.07, 6.45) is -0.0875. The number of phenolic OH excluding ortho intramolecular Hbond substituents is 1. The van der Waals surface area contributed by atoms with Gasteiger partial charge in [0.05, 0.1) is 6.61 Å². The molecule has 3 aromatic rings.